The Kier molecular flexibility index (Phi) is 4.88. The Bertz CT molecular complexity index is 586. The fourth-order valence-corrected chi connectivity index (χ4v) is 4.00. The first-order chi connectivity index (χ1) is 10.6. The van der Waals surface area contributed by atoms with Crippen LogP contribution in [-0.2, 0) is 14.0 Å². The third kappa shape index (κ3) is 3.93. The highest BCUT2D eigenvalue weighted by molar-refractivity contribution is 6.74. The fourth-order valence-electron chi connectivity index (χ4n) is 2.45. The molecule has 0 bridgehead atoms. The quantitative estimate of drug-likeness (QED) is 0.581. The molecule has 2 atom stereocenters. The minimum atomic E-state index is -1.98. The summed E-state index contributed by atoms with van der Waals surface area (Å²) in [5.41, 5.74) is 0.604. The van der Waals surface area contributed by atoms with Crippen molar-refractivity contribution in [1.29, 1.82) is 0 Å². The lowest BCUT2D eigenvalue weighted by Gasteiger charge is -2.39. The van der Waals surface area contributed by atoms with Crippen molar-refractivity contribution in [3.8, 4) is 0 Å². The van der Waals surface area contributed by atoms with E-state index in [1.54, 1.807) is 0 Å². The largest absolute Gasteiger partial charge is 0.469 e. The van der Waals surface area contributed by atoms with Crippen LogP contribution in [0, 0.1) is 5.92 Å². The van der Waals surface area contributed by atoms with Gasteiger partial charge >= 0.3 is 5.97 Å². The normalized spacial score (nSPS) is 24.7. The van der Waals surface area contributed by atoms with Crippen LogP contribution in [0.5, 0.6) is 0 Å². The Balaban J connectivity index is 2.25. The molecule has 1 aliphatic carbocycles. The summed E-state index contributed by atoms with van der Waals surface area (Å²) >= 11 is 0. The van der Waals surface area contributed by atoms with E-state index in [0.29, 0.717) is 6.42 Å². The van der Waals surface area contributed by atoms with Crippen LogP contribution in [0.1, 0.15) is 32.8 Å². The third-order valence-electron chi connectivity index (χ3n) is 5.05. The smallest absolute Gasteiger partial charge is 0.312 e. The number of rotatable bonds is 5. The zero-order chi connectivity index (χ0) is 17.3. The average molecular weight is 333 g/mol. The van der Waals surface area contributed by atoms with Crippen LogP contribution in [0.25, 0.3) is 6.08 Å². The molecule has 3 nitrogen and oxygen atoms in total. The molecule has 0 radical (unpaired) electrons. The van der Waals surface area contributed by atoms with E-state index >= 15 is 0 Å². The minimum Gasteiger partial charge on any atom is -0.469 e. The van der Waals surface area contributed by atoms with E-state index in [-0.39, 0.29) is 16.9 Å². The first-order valence-electron chi connectivity index (χ1n) is 8.14. The summed E-state index contributed by atoms with van der Waals surface area (Å²) < 4.78 is 11.6. The Morgan fingerprint density at radius 1 is 1.26 bits per heavy atom. The third-order valence-corrected chi connectivity index (χ3v) is 9.55. The zero-order valence-corrected chi connectivity index (χ0v) is 16.1. The average Bonchev–Trinajstić information content (AvgIpc) is 3.18. The molecule has 23 heavy (non-hydrogen) atoms. The van der Waals surface area contributed by atoms with Crippen molar-refractivity contribution >= 4 is 20.4 Å². The second-order valence-electron chi connectivity index (χ2n) is 7.84. The molecule has 2 rings (SSSR count). The number of esters is 1. The van der Waals surface area contributed by atoms with Gasteiger partial charge in [0.2, 0.25) is 0 Å². The predicted octanol–water partition coefficient (Wildman–Crippen LogP) is 4.65. The molecule has 1 fully saturated rings. The molecule has 4 heteroatoms. The molecule has 0 N–H and O–H groups in total. The molecule has 1 aromatic carbocycles. The topological polar surface area (TPSA) is 35.5 Å². The Morgan fingerprint density at radius 2 is 1.87 bits per heavy atom. The molecule has 1 aromatic rings. The van der Waals surface area contributed by atoms with Crippen LogP contribution in [0.2, 0.25) is 18.1 Å². The van der Waals surface area contributed by atoms with Gasteiger partial charge < -0.3 is 9.16 Å². The number of methoxy groups -OCH3 is 1. The maximum atomic E-state index is 12.0. The number of carbonyl (C=O) groups excluding carboxylic acids is 1. The summed E-state index contributed by atoms with van der Waals surface area (Å²) in [6, 6.07) is 10.1. The highest BCUT2D eigenvalue weighted by Gasteiger charge is 2.61. The van der Waals surface area contributed by atoms with Gasteiger partial charge in [0.1, 0.15) is 0 Å². The molecule has 0 amide bonds. The lowest BCUT2D eigenvalue weighted by Crippen LogP contribution is -2.45. The monoisotopic (exact) mass is 332 g/mol. The van der Waals surface area contributed by atoms with Crippen molar-refractivity contribution in [3.63, 3.8) is 0 Å². The highest BCUT2D eigenvalue weighted by atomic mass is 28.4. The van der Waals surface area contributed by atoms with E-state index in [0.717, 1.165) is 5.56 Å². The summed E-state index contributed by atoms with van der Waals surface area (Å²) in [6.45, 7) is 11.1. The van der Waals surface area contributed by atoms with Crippen molar-refractivity contribution in [2.45, 2.75) is 50.9 Å². The van der Waals surface area contributed by atoms with Crippen molar-refractivity contribution in [1.82, 2.24) is 0 Å². The van der Waals surface area contributed by atoms with Gasteiger partial charge in [-0.25, -0.2) is 0 Å². The lowest BCUT2D eigenvalue weighted by atomic mass is 10.1. The van der Waals surface area contributed by atoms with Gasteiger partial charge in [0.25, 0.3) is 0 Å². The molecule has 0 spiro atoms. The van der Waals surface area contributed by atoms with Crippen LogP contribution in [0.3, 0.4) is 0 Å². The van der Waals surface area contributed by atoms with E-state index < -0.39 is 13.9 Å². The second kappa shape index (κ2) is 6.25. The van der Waals surface area contributed by atoms with Crippen LogP contribution in [0.15, 0.2) is 36.4 Å². The van der Waals surface area contributed by atoms with Gasteiger partial charge in [-0.05, 0) is 30.1 Å². The number of hydrogen-bond acceptors (Lipinski definition) is 3. The molecule has 1 aliphatic rings. The molecule has 0 unspecified atom stereocenters. The molecular weight excluding hydrogens is 304 g/mol. The highest BCUT2D eigenvalue weighted by Crippen LogP contribution is 2.53. The number of ether oxygens (including phenoxy) is 1. The van der Waals surface area contributed by atoms with Gasteiger partial charge in [-0.2, -0.15) is 0 Å². The molecule has 0 heterocycles. The number of benzene rings is 1. The molecule has 0 aromatic heterocycles. The summed E-state index contributed by atoms with van der Waals surface area (Å²) in [7, 11) is -0.532. The van der Waals surface area contributed by atoms with Crippen molar-refractivity contribution in [3.05, 3.63) is 42.0 Å². The standard InChI is InChI=1S/C19H28O3Si/c1-18(2,3)23(5,6)22-19(14-16(19)17(20)21-4)13-12-15-10-8-7-9-11-15/h7-13,16H,14H2,1-6H3/b13-12+/t16-,19-/m0/s1. The lowest BCUT2D eigenvalue weighted by molar-refractivity contribution is -0.143. The first-order valence-corrected chi connectivity index (χ1v) is 11.0. The van der Waals surface area contributed by atoms with Crippen LogP contribution < -0.4 is 0 Å². The van der Waals surface area contributed by atoms with Gasteiger partial charge in [-0.1, -0.05) is 63.3 Å². The Hall–Kier alpha value is -1.39. The number of carbonyl (C=O) groups is 1. The first kappa shape index (κ1) is 18.0. The molecule has 1 saturated carbocycles. The molecule has 0 saturated heterocycles. The van der Waals surface area contributed by atoms with E-state index in [9.17, 15) is 4.79 Å². The van der Waals surface area contributed by atoms with Gasteiger partial charge in [0.05, 0.1) is 18.6 Å². The van der Waals surface area contributed by atoms with E-state index in [2.05, 4.69) is 46.0 Å². The molecule has 126 valence electrons. The Morgan fingerprint density at radius 3 is 2.39 bits per heavy atom. The van der Waals surface area contributed by atoms with Gasteiger partial charge in [-0.15, -0.1) is 0 Å². The van der Waals surface area contributed by atoms with Gasteiger partial charge in [0, 0.05) is 0 Å². The summed E-state index contributed by atoms with van der Waals surface area (Å²) in [5.74, 6) is -0.372. The second-order valence-corrected chi connectivity index (χ2v) is 12.6. The van der Waals surface area contributed by atoms with Crippen LogP contribution >= 0.6 is 0 Å². The van der Waals surface area contributed by atoms with E-state index in [1.807, 2.05) is 30.3 Å². The SMILES string of the molecule is COC(=O)[C@@H]1C[C@]1(/C=C/c1ccccc1)O[Si](C)(C)C(C)(C)C. The van der Waals surface area contributed by atoms with Crippen LogP contribution in [0.4, 0.5) is 0 Å². The molecular formula is C19H28O3Si. The molecule has 0 aliphatic heterocycles. The summed E-state index contributed by atoms with van der Waals surface area (Å²) in [6.07, 6.45) is 4.82. The van der Waals surface area contributed by atoms with Crippen molar-refractivity contribution < 1.29 is 14.0 Å². The summed E-state index contributed by atoms with van der Waals surface area (Å²) in [4.78, 5) is 12.0. The predicted molar refractivity (Wildman–Crippen MR) is 96.6 cm³/mol. The minimum absolute atomic E-state index is 0.101. The van der Waals surface area contributed by atoms with E-state index in [1.165, 1.54) is 7.11 Å². The van der Waals surface area contributed by atoms with Crippen molar-refractivity contribution in [2.24, 2.45) is 5.92 Å². The maximum Gasteiger partial charge on any atom is 0.312 e. The zero-order valence-electron chi connectivity index (χ0n) is 15.1. The van der Waals surface area contributed by atoms with Gasteiger partial charge in [-0.3, -0.25) is 4.79 Å². The Labute approximate surface area is 140 Å². The van der Waals surface area contributed by atoms with E-state index in [4.69, 9.17) is 9.16 Å². The van der Waals surface area contributed by atoms with Crippen molar-refractivity contribution in [2.75, 3.05) is 7.11 Å². The summed E-state index contributed by atoms with van der Waals surface area (Å²) in [5, 5.41) is 0.101. The maximum absolute atomic E-state index is 12.0. The van der Waals surface area contributed by atoms with Crippen LogP contribution in [-0.4, -0.2) is 27.0 Å². The van der Waals surface area contributed by atoms with Gasteiger partial charge in [0.15, 0.2) is 8.32 Å². The number of hydrogen-bond donors (Lipinski definition) is 0. The fraction of sp³-hybridized carbons (Fsp3) is 0.526.